The van der Waals surface area contributed by atoms with Crippen LogP contribution < -0.4 is 9.47 Å². The molecule has 0 amide bonds. The molecule has 0 radical (unpaired) electrons. The number of hydrogen-bond donors (Lipinski definition) is 0. The lowest BCUT2D eigenvalue weighted by Crippen LogP contribution is -2.16. The second-order valence-corrected chi connectivity index (χ2v) is 6.04. The molecule has 116 valence electrons. The standard InChI is InChI=1S/C20H24O2/c1-21-17-11-7-15(8-12-17)19-5-3-4-6-20(19)16-9-13-18(22-2)14-10-16/h7-14,19-20H,3-6H2,1-2H3. The highest BCUT2D eigenvalue weighted by molar-refractivity contribution is 5.35. The third-order valence-electron chi connectivity index (χ3n) is 4.85. The summed E-state index contributed by atoms with van der Waals surface area (Å²) in [4.78, 5) is 0. The first-order chi connectivity index (χ1) is 10.8. The Balaban J connectivity index is 1.86. The molecule has 0 aliphatic heterocycles. The van der Waals surface area contributed by atoms with E-state index in [1.165, 1.54) is 36.8 Å². The minimum absolute atomic E-state index is 0.605. The average Bonchev–Trinajstić information content (AvgIpc) is 2.62. The molecule has 2 aromatic carbocycles. The minimum atomic E-state index is 0.605. The van der Waals surface area contributed by atoms with Crippen LogP contribution in [-0.4, -0.2) is 14.2 Å². The Bertz CT molecular complexity index is 531. The summed E-state index contributed by atoms with van der Waals surface area (Å²) in [6.45, 7) is 0. The molecular formula is C20H24O2. The zero-order chi connectivity index (χ0) is 15.4. The molecule has 0 bridgehead atoms. The quantitative estimate of drug-likeness (QED) is 0.777. The van der Waals surface area contributed by atoms with E-state index >= 15 is 0 Å². The lowest BCUT2D eigenvalue weighted by molar-refractivity contribution is 0.383. The van der Waals surface area contributed by atoms with Crippen molar-refractivity contribution in [1.82, 2.24) is 0 Å². The lowest BCUT2D eigenvalue weighted by atomic mass is 9.72. The van der Waals surface area contributed by atoms with Gasteiger partial charge in [0, 0.05) is 0 Å². The van der Waals surface area contributed by atoms with Crippen LogP contribution in [0.1, 0.15) is 48.6 Å². The van der Waals surface area contributed by atoms with Gasteiger partial charge < -0.3 is 9.47 Å². The molecular weight excluding hydrogens is 272 g/mol. The van der Waals surface area contributed by atoms with Crippen molar-refractivity contribution in [2.75, 3.05) is 14.2 Å². The van der Waals surface area contributed by atoms with Gasteiger partial charge in [0.1, 0.15) is 11.5 Å². The molecule has 2 atom stereocenters. The Morgan fingerprint density at radius 1 is 0.636 bits per heavy atom. The van der Waals surface area contributed by atoms with Crippen LogP contribution in [0.4, 0.5) is 0 Å². The highest BCUT2D eigenvalue weighted by atomic mass is 16.5. The molecule has 1 saturated carbocycles. The number of benzene rings is 2. The van der Waals surface area contributed by atoms with Crippen LogP contribution in [0.25, 0.3) is 0 Å². The lowest BCUT2D eigenvalue weighted by Gasteiger charge is -2.32. The second-order valence-electron chi connectivity index (χ2n) is 6.04. The summed E-state index contributed by atoms with van der Waals surface area (Å²) in [6, 6.07) is 17.2. The zero-order valence-corrected chi connectivity index (χ0v) is 13.4. The molecule has 0 aromatic heterocycles. The number of methoxy groups -OCH3 is 2. The highest BCUT2D eigenvalue weighted by Gasteiger charge is 2.27. The Morgan fingerprint density at radius 2 is 1.00 bits per heavy atom. The molecule has 3 rings (SSSR count). The summed E-state index contributed by atoms with van der Waals surface area (Å²) < 4.78 is 10.6. The topological polar surface area (TPSA) is 18.5 Å². The first-order valence-corrected chi connectivity index (χ1v) is 8.09. The molecule has 0 N–H and O–H groups in total. The number of ether oxygens (including phenoxy) is 2. The first-order valence-electron chi connectivity index (χ1n) is 8.09. The fourth-order valence-corrected chi connectivity index (χ4v) is 3.63. The number of rotatable bonds is 4. The van der Waals surface area contributed by atoms with Crippen molar-refractivity contribution in [3.8, 4) is 11.5 Å². The van der Waals surface area contributed by atoms with Gasteiger partial charge in [0.25, 0.3) is 0 Å². The van der Waals surface area contributed by atoms with Crippen LogP contribution in [0.5, 0.6) is 11.5 Å². The van der Waals surface area contributed by atoms with Crippen molar-refractivity contribution in [3.63, 3.8) is 0 Å². The molecule has 0 heterocycles. The molecule has 2 unspecified atom stereocenters. The van der Waals surface area contributed by atoms with Crippen LogP contribution in [0.15, 0.2) is 48.5 Å². The Hall–Kier alpha value is -1.96. The molecule has 0 spiro atoms. The van der Waals surface area contributed by atoms with E-state index in [0.29, 0.717) is 11.8 Å². The maximum absolute atomic E-state index is 5.28. The summed E-state index contributed by atoms with van der Waals surface area (Å²) in [5.41, 5.74) is 2.86. The van der Waals surface area contributed by atoms with Crippen molar-refractivity contribution in [2.24, 2.45) is 0 Å². The monoisotopic (exact) mass is 296 g/mol. The smallest absolute Gasteiger partial charge is 0.118 e. The van der Waals surface area contributed by atoms with Crippen molar-refractivity contribution >= 4 is 0 Å². The summed E-state index contributed by atoms with van der Waals surface area (Å²) in [6.07, 6.45) is 5.18. The van der Waals surface area contributed by atoms with Gasteiger partial charge in [0.15, 0.2) is 0 Å². The van der Waals surface area contributed by atoms with Gasteiger partial charge in [0.2, 0.25) is 0 Å². The molecule has 0 saturated heterocycles. The Morgan fingerprint density at radius 3 is 1.32 bits per heavy atom. The fourth-order valence-electron chi connectivity index (χ4n) is 3.63. The normalized spacial score (nSPS) is 21.4. The summed E-state index contributed by atoms with van der Waals surface area (Å²) >= 11 is 0. The molecule has 1 aliphatic carbocycles. The van der Waals surface area contributed by atoms with Gasteiger partial charge >= 0.3 is 0 Å². The largest absolute Gasteiger partial charge is 0.497 e. The molecule has 2 aromatic rings. The maximum Gasteiger partial charge on any atom is 0.118 e. The Labute approximate surface area is 133 Å². The summed E-state index contributed by atoms with van der Waals surface area (Å²) in [7, 11) is 3.44. The zero-order valence-electron chi connectivity index (χ0n) is 13.4. The second kappa shape index (κ2) is 6.87. The van der Waals surface area contributed by atoms with Gasteiger partial charge in [-0.3, -0.25) is 0 Å². The summed E-state index contributed by atoms with van der Waals surface area (Å²) in [5.74, 6) is 3.07. The molecule has 22 heavy (non-hydrogen) atoms. The van der Waals surface area contributed by atoms with E-state index in [2.05, 4.69) is 48.5 Å². The van der Waals surface area contributed by atoms with Crippen molar-refractivity contribution < 1.29 is 9.47 Å². The third kappa shape index (κ3) is 3.11. The van der Waals surface area contributed by atoms with Gasteiger partial charge in [-0.15, -0.1) is 0 Å². The van der Waals surface area contributed by atoms with Gasteiger partial charge in [0.05, 0.1) is 14.2 Å². The maximum atomic E-state index is 5.28. The molecule has 1 fully saturated rings. The SMILES string of the molecule is COc1ccc(C2CCCCC2c2ccc(OC)cc2)cc1. The van der Waals surface area contributed by atoms with E-state index < -0.39 is 0 Å². The van der Waals surface area contributed by atoms with Gasteiger partial charge in [-0.25, -0.2) is 0 Å². The van der Waals surface area contributed by atoms with Crippen molar-refractivity contribution in [2.45, 2.75) is 37.5 Å². The van der Waals surface area contributed by atoms with Crippen LogP contribution in [0, 0.1) is 0 Å². The fraction of sp³-hybridized carbons (Fsp3) is 0.400. The highest BCUT2D eigenvalue weighted by Crippen LogP contribution is 2.44. The van der Waals surface area contributed by atoms with Gasteiger partial charge in [-0.05, 0) is 60.1 Å². The van der Waals surface area contributed by atoms with E-state index in [0.717, 1.165) is 11.5 Å². The van der Waals surface area contributed by atoms with Crippen LogP contribution in [0.3, 0.4) is 0 Å². The third-order valence-corrected chi connectivity index (χ3v) is 4.85. The van der Waals surface area contributed by atoms with E-state index in [1.807, 2.05) is 0 Å². The van der Waals surface area contributed by atoms with E-state index in [1.54, 1.807) is 14.2 Å². The average molecular weight is 296 g/mol. The molecule has 1 aliphatic rings. The molecule has 2 nitrogen and oxygen atoms in total. The predicted octanol–water partition coefficient (Wildman–Crippen LogP) is 5.15. The predicted molar refractivity (Wildman–Crippen MR) is 89.9 cm³/mol. The first kappa shape index (κ1) is 15.0. The van der Waals surface area contributed by atoms with E-state index in [9.17, 15) is 0 Å². The summed E-state index contributed by atoms with van der Waals surface area (Å²) in [5, 5.41) is 0. The van der Waals surface area contributed by atoms with Crippen molar-refractivity contribution in [1.29, 1.82) is 0 Å². The van der Waals surface area contributed by atoms with E-state index in [-0.39, 0.29) is 0 Å². The molecule has 2 heteroatoms. The van der Waals surface area contributed by atoms with E-state index in [4.69, 9.17) is 9.47 Å². The van der Waals surface area contributed by atoms with Crippen LogP contribution >= 0.6 is 0 Å². The Kier molecular flexibility index (Phi) is 4.67. The minimum Gasteiger partial charge on any atom is -0.497 e. The van der Waals surface area contributed by atoms with Crippen LogP contribution in [-0.2, 0) is 0 Å². The van der Waals surface area contributed by atoms with Gasteiger partial charge in [-0.2, -0.15) is 0 Å². The van der Waals surface area contributed by atoms with Gasteiger partial charge in [-0.1, -0.05) is 37.1 Å². The van der Waals surface area contributed by atoms with Crippen molar-refractivity contribution in [3.05, 3.63) is 59.7 Å². The van der Waals surface area contributed by atoms with Crippen LogP contribution in [0.2, 0.25) is 0 Å². The number of hydrogen-bond acceptors (Lipinski definition) is 2.